The molecule has 0 radical (unpaired) electrons. The minimum absolute atomic E-state index is 0.129. The molecule has 4 saturated heterocycles. The van der Waals surface area contributed by atoms with Gasteiger partial charge < -0.3 is 33.5 Å². The summed E-state index contributed by atoms with van der Waals surface area (Å²) in [4.78, 5) is 25.6. The molecule has 2 spiro atoms. The first kappa shape index (κ1) is 20.8. The van der Waals surface area contributed by atoms with Crippen molar-refractivity contribution < 1.29 is 43.1 Å². The first-order chi connectivity index (χ1) is 14.6. The second-order valence-corrected chi connectivity index (χ2v) is 9.02. The molecule has 0 saturated carbocycles. The summed E-state index contributed by atoms with van der Waals surface area (Å²) >= 11 is 0. The first-order valence-electron chi connectivity index (χ1n) is 10.2. The topological polar surface area (TPSA) is 116 Å². The van der Waals surface area contributed by atoms with Crippen molar-refractivity contribution in [1.82, 2.24) is 0 Å². The van der Waals surface area contributed by atoms with Crippen LogP contribution in [-0.2, 0) is 38.0 Å². The Morgan fingerprint density at radius 2 is 1.94 bits per heavy atom. The van der Waals surface area contributed by atoms with Crippen molar-refractivity contribution in [3.8, 4) is 0 Å². The molecule has 4 fully saturated rings. The molecule has 9 heteroatoms. The molecule has 0 unspecified atom stereocenters. The van der Waals surface area contributed by atoms with Crippen molar-refractivity contribution in [3.05, 3.63) is 36.0 Å². The molecule has 31 heavy (non-hydrogen) atoms. The second kappa shape index (κ2) is 6.26. The number of fused-ring (bicyclic) bond motifs is 3. The Morgan fingerprint density at radius 1 is 1.23 bits per heavy atom. The van der Waals surface area contributed by atoms with E-state index in [2.05, 4.69) is 13.2 Å². The molecule has 4 bridgehead atoms. The molecule has 9 atom stereocenters. The average molecular weight is 434 g/mol. The maximum absolute atomic E-state index is 12.8. The number of aliphatic hydroxyl groups is 1. The van der Waals surface area contributed by atoms with Gasteiger partial charge in [-0.15, -0.1) is 0 Å². The van der Waals surface area contributed by atoms with E-state index in [1.165, 1.54) is 20.3 Å². The normalized spacial score (nSPS) is 50.7. The van der Waals surface area contributed by atoms with Gasteiger partial charge in [0.05, 0.1) is 24.7 Å². The lowest BCUT2D eigenvalue weighted by atomic mass is 9.80. The highest BCUT2D eigenvalue weighted by atomic mass is 17.0. The lowest BCUT2D eigenvalue weighted by Gasteiger charge is -2.32. The van der Waals surface area contributed by atoms with Crippen LogP contribution in [0.4, 0.5) is 0 Å². The minimum atomic E-state index is -1.47. The van der Waals surface area contributed by atoms with E-state index in [1.807, 2.05) is 0 Å². The van der Waals surface area contributed by atoms with Gasteiger partial charge in [0.15, 0.2) is 6.10 Å². The summed E-state index contributed by atoms with van der Waals surface area (Å²) in [6.07, 6.45) is -1.91. The van der Waals surface area contributed by atoms with E-state index in [0.29, 0.717) is 11.1 Å². The van der Waals surface area contributed by atoms with E-state index in [0.717, 1.165) is 0 Å². The number of carbonyl (C=O) groups is 2. The van der Waals surface area contributed by atoms with Crippen LogP contribution in [0.3, 0.4) is 0 Å². The van der Waals surface area contributed by atoms with Crippen molar-refractivity contribution in [2.75, 3.05) is 14.2 Å². The Kier molecular flexibility index (Phi) is 4.21. The number of hydrogen-bond donors (Lipinski definition) is 1. The van der Waals surface area contributed by atoms with Crippen LogP contribution in [0.1, 0.15) is 20.3 Å². The van der Waals surface area contributed by atoms with Crippen molar-refractivity contribution in [2.24, 2.45) is 11.8 Å². The highest BCUT2D eigenvalue weighted by Crippen LogP contribution is 2.75. The largest absolute Gasteiger partial charge is 0.467 e. The third-order valence-corrected chi connectivity index (χ3v) is 7.16. The number of epoxide rings is 2. The maximum Gasteiger partial charge on any atom is 0.347 e. The van der Waals surface area contributed by atoms with Gasteiger partial charge >= 0.3 is 11.9 Å². The van der Waals surface area contributed by atoms with E-state index < -0.39 is 65.4 Å². The van der Waals surface area contributed by atoms with Crippen molar-refractivity contribution in [1.29, 1.82) is 0 Å². The summed E-state index contributed by atoms with van der Waals surface area (Å²) in [5.41, 5.74) is 0.0214. The molecular weight excluding hydrogens is 408 g/mol. The molecule has 0 aromatic carbocycles. The van der Waals surface area contributed by atoms with E-state index in [1.54, 1.807) is 13.8 Å². The fourth-order valence-corrected chi connectivity index (χ4v) is 5.67. The van der Waals surface area contributed by atoms with Crippen molar-refractivity contribution >= 4 is 11.9 Å². The summed E-state index contributed by atoms with van der Waals surface area (Å²) in [6.45, 7) is 11.6. The SMILES string of the molecule is C=C(C)[C@H]1C[C@]23O[C@]4(O[C@H]4[C@@]2(C(=O)OC)O3)[C@H](C(=C)C)[C@@H]2OC(=O)/C(=C\[C@@H]1O)[C@H]2OC. The van der Waals surface area contributed by atoms with Crippen molar-refractivity contribution in [3.63, 3.8) is 0 Å². The van der Waals surface area contributed by atoms with Gasteiger partial charge in [-0.2, -0.15) is 0 Å². The molecule has 5 heterocycles. The molecule has 0 aromatic heterocycles. The fourth-order valence-electron chi connectivity index (χ4n) is 5.67. The molecule has 0 aliphatic carbocycles. The number of hydrogen-bond acceptors (Lipinski definition) is 9. The van der Waals surface area contributed by atoms with E-state index in [9.17, 15) is 14.7 Å². The van der Waals surface area contributed by atoms with E-state index in [-0.39, 0.29) is 12.0 Å². The summed E-state index contributed by atoms with van der Waals surface area (Å²) in [5.74, 6) is -5.05. The lowest BCUT2D eigenvalue weighted by molar-refractivity contribution is -0.194. The zero-order chi connectivity index (χ0) is 22.5. The summed E-state index contributed by atoms with van der Waals surface area (Å²) in [7, 11) is 2.73. The monoisotopic (exact) mass is 434 g/mol. The maximum atomic E-state index is 12.8. The lowest BCUT2D eigenvalue weighted by Crippen LogP contribution is -2.44. The Hall–Kier alpha value is -2.04. The third-order valence-electron chi connectivity index (χ3n) is 7.16. The molecule has 9 nitrogen and oxygen atoms in total. The number of ether oxygens (including phenoxy) is 6. The van der Waals surface area contributed by atoms with Crippen LogP contribution in [-0.4, -0.2) is 72.9 Å². The summed E-state index contributed by atoms with van der Waals surface area (Å²) < 4.78 is 34.6. The fraction of sp³-hybridized carbons (Fsp3) is 0.636. The van der Waals surface area contributed by atoms with Gasteiger partial charge in [0.2, 0.25) is 11.6 Å². The van der Waals surface area contributed by atoms with Gasteiger partial charge in [0.1, 0.15) is 12.2 Å². The summed E-state index contributed by atoms with van der Waals surface area (Å²) in [5, 5.41) is 11.0. The Labute approximate surface area is 179 Å². The van der Waals surface area contributed by atoms with Crippen LogP contribution in [0.25, 0.3) is 0 Å². The number of methoxy groups -OCH3 is 2. The average Bonchev–Trinajstić information content (AvgIpc) is 3.53. The van der Waals surface area contributed by atoms with Gasteiger partial charge in [-0.25, -0.2) is 9.59 Å². The zero-order valence-electron chi connectivity index (χ0n) is 17.9. The van der Waals surface area contributed by atoms with Crippen LogP contribution < -0.4 is 0 Å². The van der Waals surface area contributed by atoms with Crippen LogP contribution in [0, 0.1) is 11.8 Å². The van der Waals surface area contributed by atoms with Gasteiger partial charge in [-0.3, -0.25) is 0 Å². The first-order valence-corrected chi connectivity index (χ1v) is 10.2. The van der Waals surface area contributed by atoms with Gasteiger partial charge in [0, 0.05) is 19.4 Å². The smallest absolute Gasteiger partial charge is 0.347 e. The predicted molar refractivity (Wildman–Crippen MR) is 103 cm³/mol. The molecule has 1 N–H and O–H groups in total. The van der Waals surface area contributed by atoms with E-state index in [4.69, 9.17) is 28.4 Å². The van der Waals surface area contributed by atoms with Gasteiger partial charge in [-0.1, -0.05) is 24.3 Å². The van der Waals surface area contributed by atoms with Crippen LogP contribution in [0.5, 0.6) is 0 Å². The number of aliphatic hydroxyl groups excluding tert-OH is 1. The number of esters is 2. The number of carbonyl (C=O) groups excluding carboxylic acids is 2. The highest BCUT2D eigenvalue weighted by Gasteiger charge is 2.99. The quantitative estimate of drug-likeness (QED) is 0.389. The molecular formula is C22H26O9. The Bertz CT molecular complexity index is 939. The number of rotatable bonds is 4. The zero-order valence-corrected chi connectivity index (χ0v) is 17.9. The highest BCUT2D eigenvalue weighted by molar-refractivity contribution is 5.92. The predicted octanol–water partition coefficient (Wildman–Crippen LogP) is 0.766. The molecule has 0 amide bonds. The minimum Gasteiger partial charge on any atom is -0.467 e. The van der Waals surface area contributed by atoms with Crippen LogP contribution >= 0.6 is 0 Å². The van der Waals surface area contributed by atoms with Crippen LogP contribution in [0.15, 0.2) is 36.0 Å². The molecule has 5 aliphatic rings. The second-order valence-electron chi connectivity index (χ2n) is 9.02. The molecule has 0 aromatic rings. The van der Waals surface area contributed by atoms with Gasteiger partial charge in [0.25, 0.3) is 5.60 Å². The Balaban J connectivity index is 1.69. The van der Waals surface area contributed by atoms with Crippen LogP contribution in [0.2, 0.25) is 0 Å². The molecule has 5 rings (SSSR count). The third kappa shape index (κ3) is 2.38. The van der Waals surface area contributed by atoms with E-state index >= 15 is 0 Å². The van der Waals surface area contributed by atoms with Gasteiger partial charge in [-0.05, 0) is 19.9 Å². The molecule has 5 aliphatic heterocycles. The molecule has 168 valence electrons. The summed E-state index contributed by atoms with van der Waals surface area (Å²) in [6, 6.07) is 0. The standard InChI is InChI=1S/C22H26O9/c1-9(2)12-8-20-21(30-20,19(25)27-6)18-22(29-18,31-20)14(10(3)4)16-15(26-5)11(7-13(12)23)17(24)28-16/h7,12-16,18,23H,1,3,8H2,2,4-6H3/b11-7-/t12-,13+,14-,15-,16+,18+,20+,21+,22-/m1/s1. The Morgan fingerprint density at radius 3 is 2.52 bits per heavy atom. The van der Waals surface area contributed by atoms with Crippen molar-refractivity contribution in [2.45, 2.75) is 61.9 Å².